The number of carbonyl (C=O) groups excluding carboxylic acids is 1. The van der Waals surface area contributed by atoms with Crippen molar-refractivity contribution in [3.63, 3.8) is 0 Å². The molecule has 1 amide bonds. The Labute approximate surface area is 191 Å². The maximum Gasteiger partial charge on any atom is 0.304 e. The van der Waals surface area contributed by atoms with Crippen LogP contribution in [0, 0.1) is 0 Å². The molecule has 9 nitrogen and oxygen atoms in total. The summed E-state index contributed by atoms with van der Waals surface area (Å²) < 4.78 is 35.6. The lowest BCUT2D eigenvalue weighted by Crippen LogP contribution is -2.52. The Balaban J connectivity index is 1.52. The van der Waals surface area contributed by atoms with E-state index in [2.05, 4.69) is 15.2 Å². The first kappa shape index (κ1) is 23.3. The summed E-state index contributed by atoms with van der Waals surface area (Å²) in [4.78, 5) is 19.5. The molecule has 3 aliphatic rings. The molecule has 1 aromatic rings. The maximum atomic E-state index is 13.5. The number of carbonyl (C=O) groups is 1. The number of hydrogen-bond acceptors (Lipinski definition) is 6. The minimum Gasteiger partial charge on any atom is -0.474 e. The molecule has 0 bridgehead atoms. The van der Waals surface area contributed by atoms with Gasteiger partial charge in [-0.25, -0.2) is 9.29 Å². The van der Waals surface area contributed by atoms with E-state index in [0.717, 1.165) is 32.4 Å². The summed E-state index contributed by atoms with van der Waals surface area (Å²) >= 11 is 0. The van der Waals surface area contributed by atoms with Crippen molar-refractivity contribution < 1.29 is 17.9 Å². The molecule has 4 heterocycles. The molecule has 2 saturated heterocycles. The molecular formula is C22H35N5O4S. The SMILES string of the molecule is CCC(C)(C)NC(=O)c1cnc2c(c1)N(S(=O)(=O)N1CCC(N3CCCC3)CC1)CCO2. The van der Waals surface area contributed by atoms with E-state index in [9.17, 15) is 13.2 Å². The van der Waals surface area contributed by atoms with Crippen molar-refractivity contribution in [2.45, 2.75) is 64.5 Å². The molecule has 0 aromatic carbocycles. The number of nitrogens with one attached hydrogen (secondary N) is 1. The van der Waals surface area contributed by atoms with Gasteiger partial charge in [0.25, 0.3) is 5.91 Å². The molecule has 178 valence electrons. The third-order valence-corrected chi connectivity index (χ3v) is 8.87. The first-order chi connectivity index (χ1) is 15.2. The average Bonchev–Trinajstić information content (AvgIpc) is 3.33. The second kappa shape index (κ2) is 9.15. The normalized spacial score (nSPS) is 21.3. The molecule has 10 heteroatoms. The topological polar surface area (TPSA) is 95.1 Å². The number of aromatic nitrogens is 1. The summed E-state index contributed by atoms with van der Waals surface area (Å²) in [5, 5.41) is 2.97. The predicted octanol–water partition coefficient (Wildman–Crippen LogP) is 2.00. The lowest BCUT2D eigenvalue weighted by atomic mass is 10.0. The number of nitrogens with zero attached hydrogens (tertiary/aromatic N) is 4. The zero-order valence-corrected chi connectivity index (χ0v) is 20.2. The minimum absolute atomic E-state index is 0.203. The number of rotatable bonds is 6. The average molecular weight is 466 g/mol. The van der Waals surface area contributed by atoms with Crippen molar-refractivity contribution in [1.29, 1.82) is 0 Å². The van der Waals surface area contributed by atoms with Gasteiger partial charge in [-0.2, -0.15) is 12.7 Å². The van der Waals surface area contributed by atoms with Crippen LogP contribution in [0.4, 0.5) is 5.69 Å². The molecule has 1 N–H and O–H groups in total. The molecule has 2 fully saturated rings. The van der Waals surface area contributed by atoms with Gasteiger partial charge >= 0.3 is 10.2 Å². The Morgan fingerprint density at radius 2 is 1.88 bits per heavy atom. The Bertz CT molecular complexity index is 938. The van der Waals surface area contributed by atoms with Gasteiger partial charge in [-0.1, -0.05) is 6.92 Å². The first-order valence-electron chi connectivity index (χ1n) is 11.7. The quantitative estimate of drug-likeness (QED) is 0.691. The molecule has 0 unspecified atom stereocenters. The highest BCUT2D eigenvalue weighted by molar-refractivity contribution is 7.90. The van der Waals surface area contributed by atoms with Crippen LogP contribution in [0.5, 0.6) is 5.88 Å². The van der Waals surface area contributed by atoms with Gasteiger partial charge in [0.1, 0.15) is 12.3 Å². The third-order valence-electron chi connectivity index (χ3n) is 6.92. The van der Waals surface area contributed by atoms with Crippen LogP contribution in [-0.4, -0.2) is 79.4 Å². The van der Waals surface area contributed by atoms with Crippen LogP contribution in [0.15, 0.2) is 12.3 Å². The number of piperidine rings is 1. The number of pyridine rings is 1. The van der Waals surface area contributed by atoms with Crippen molar-refractivity contribution in [2.75, 3.05) is 43.6 Å². The maximum absolute atomic E-state index is 13.5. The summed E-state index contributed by atoms with van der Waals surface area (Å²) in [6, 6.07) is 2.05. The summed E-state index contributed by atoms with van der Waals surface area (Å²) in [6.45, 7) is 9.60. The summed E-state index contributed by atoms with van der Waals surface area (Å²) in [5.74, 6) is -0.0282. The van der Waals surface area contributed by atoms with Crippen LogP contribution >= 0.6 is 0 Å². The van der Waals surface area contributed by atoms with Crippen LogP contribution in [0.2, 0.25) is 0 Å². The highest BCUT2D eigenvalue weighted by Gasteiger charge is 2.38. The number of ether oxygens (including phenoxy) is 1. The Morgan fingerprint density at radius 1 is 1.19 bits per heavy atom. The molecule has 3 aliphatic heterocycles. The predicted molar refractivity (Wildman–Crippen MR) is 123 cm³/mol. The Morgan fingerprint density at radius 3 is 2.53 bits per heavy atom. The van der Waals surface area contributed by atoms with Gasteiger partial charge in [0, 0.05) is 30.9 Å². The van der Waals surface area contributed by atoms with Gasteiger partial charge in [0.15, 0.2) is 0 Å². The third kappa shape index (κ3) is 4.72. The van der Waals surface area contributed by atoms with Gasteiger partial charge < -0.3 is 15.0 Å². The van der Waals surface area contributed by atoms with E-state index in [1.807, 2.05) is 20.8 Å². The molecule has 0 radical (unpaired) electrons. The fourth-order valence-electron chi connectivity index (χ4n) is 4.59. The molecule has 1 aromatic heterocycles. The lowest BCUT2D eigenvalue weighted by Gasteiger charge is -2.39. The number of hydrogen-bond donors (Lipinski definition) is 1. The largest absolute Gasteiger partial charge is 0.474 e. The van der Waals surface area contributed by atoms with E-state index in [1.54, 1.807) is 10.4 Å². The van der Waals surface area contributed by atoms with Gasteiger partial charge in [0.05, 0.1) is 12.1 Å². The van der Waals surface area contributed by atoms with Crippen LogP contribution in [0.3, 0.4) is 0 Å². The monoisotopic (exact) mass is 465 g/mol. The second-order valence-corrected chi connectivity index (χ2v) is 11.4. The number of fused-ring (bicyclic) bond motifs is 1. The van der Waals surface area contributed by atoms with E-state index in [1.165, 1.54) is 23.3 Å². The fourth-order valence-corrected chi connectivity index (χ4v) is 6.23. The van der Waals surface area contributed by atoms with Crippen molar-refractivity contribution in [1.82, 2.24) is 19.5 Å². The summed E-state index contributed by atoms with van der Waals surface area (Å²) in [6.07, 6.45) is 6.39. The van der Waals surface area contributed by atoms with Gasteiger partial charge in [-0.05, 0) is 65.1 Å². The van der Waals surface area contributed by atoms with E-state index in [4.69, 9.17) is 4.74 Å². The van der Waals surface area contributed by atoms with E-state index in [0.29, 0.717) is 30.4 Å². The molecule has 0 spiro atoms. The lowest BCUT2D eigenvalue weighted by molar-refractivity contribution is 0.0910. The van der Waals surface area contributed by atoms with Crippen molar-refractivity contribution in [2.24, 2.45) is 0 Å². The van der Waals surface area contributed by atoms with Crippen LogP contribution in [0.1, 0.15) is 63.2 Å². The zero-order chi connectivity index (χ0) is 22.9. The second-order valence-electron chi connectivity index (χ2n) is 9.54. The highest BCUT2D eigenvalue weighted by atomic mass is 32.2. The summed E-state index contributed by atoms with van der Waals surface area (Å²) in [7, 11) is -3.73. The molecule has 0 aliphatic carbocycles. The zero-order valence-electron chi connectivity index (χ0n) is 19.3. The molecule has 4 rings (SSSR count). The standard InChI is InChI=1S/C22H35N5O4S/c1-4-22(2,3)24-20(28)17-15-19-21(23-16-17)31-14-13-27(19)32(29,30)26-11-7-18(8-12-26)25-9-5-6-10-25/h15-16,18H,4-14H2,1-3H3,(H,24,28). The number of anilines is 1. The van der Waals surface area contributed by atoms with Crippen molar-refractivity contribution in [3.8, 4) is 5.88 Å². The Hall–Kier alpha value is -1.91. The van der Waals surface area contributed by atoms with Gasteiger partial charge in [-0.15, -0.1) is 0 Å². The van der Waals surface area contributed by atoms with Crippen molar-refractivity contribution >= 4 is 21.8 Å². The fraction of sp³-hybridized carbons (Fsp3) is 0.727. The number of likely N-dealkylation sites (tertiary alicyclic amines) is 1. The highest BCUT2D eigenvalue weighted by Crippen LogP contribution is 2.34. The Kier molecular flexibility index (Phi) is 6.65. The molecule has 32 heavy (non-hydrogen) atoms. The molecule has 0 saturated carbocycles. The smallest absolute Gasteiger partial charge is 0.304 e. The van der Waals surface area contributed by atoms with Crippen molar-refractivity contribution in [3.05, 3.63) is 17.8 Å². The first-order valence-corrected chi connectivity index (χ1v) is 13.1. The van der Waals surface area contributed by atoms with E-state index >= 15 is 0 Å². The van der Waals surface area contributed by atoms with Crippen LogP contribution in [-0.2, 0) is 10.2 Å². The van der Waals surface area contributed by atoms with Crippen LogP contribution < -0.4 is 14.4 Å². The van der Waals surface area contributed by atoms with E-state index < -0.39 is 10.2 Å². The molecular weight excluding hydrogens is 430 g/mol. The molecule has 0 atom stereocenters. The summed E-state index contributed by atoms with van der Waals surface area (Å²) in [5.41, 5.74) is 0.290. The number of amides is 1. The van der Waals surface area contributed by atoms with E-state index in [-0.39, 0.29) is 30.5 Å². The van der Waals surface area contributed by atoms with Gasteiger partial charge in [-0.3, -0.25) is 4.79 Å². The van der Waals surface area contributed by atoms with Crippen LogP contribution in [0.25, 0.3) is 0 Å². The van der Waals surface area contributed by atoms with Gasteiger partial charge in [0.2, 0.25) is 5.88 Å². The minimum atomic E-state index is -3.73.